The molecule has 0 fully saturated rings. The predicted octanol–water partition coefficient (Wildman–Crippen LogP) is 2.70. The van der Waals surface area contributed by atoms with Crippen molar-refractivity contribution in [1.29, 1.82) is 0 Å². The minimum absolute atomic E-state index is 0.254. The minimum Gasteiger partial charge on any atom is -0.483 e. The quantitative estimate of drug-likeness (QED) is 0.810. The Balaban J connectivity index is 2.62. The van der Waals surface area contributed by atoms with Crippen molar-refractivity contribution in [2.24, 2.45) is 0 Å². The number of halogens is 4. The Hall–Kier alpha value is -2.85. The fourth-order valence-corrected chi connectivity index (χ4v) is 2.38. The van der Waals surface area contributed by atoms with E-state index in [1.807, 2.05) is 0 Å². The average Bonchev–Trinajstić information content (AvgIpc) is 2.79. The first-order chi connectivity index (χ1) is 11.9. The first-order valence-corrected chi connectivity index (χ1v) is 7.37. The molecule has 142 valence electrons. The lowest BCUT2D eigenvalue weighted by atomic mass is 10.1. The standard InChI is InChI=1S/C15H15F4N3O4/c1-7(2)21-8(3)20-22(14(21)25)11-5-12(26-6-15(17,18)19)9(13(23)24)4-10(11)16/h4-5,7H,6H2,1-3H3,(H,23,24). The maximum absolute atomic E-state index is 14.3. The van der Waals surface area contributed by atoms with Gasteiger partial charge in [-0.1, -0.05) is 0 Å². The number of rotatable bonds is 5. The van der Waals surface area contributed by atoms with Gasteiger partial charge in [-0.05, 0) is 26.8 Å². The van der Waals surface area contributed by atoms with Crippen LogP contribution in [0.5, 0.6) is 5.75 Å². The molecule has 26 heavy (non-hydrogen) atoms. The topological polar surface area (TPSA) is 86.4 Å². The Morgan fingerprint density at radius 1 is 1.35 bits per heavy atom. The van der Waals surface area contributed by atoms with Crippen LogP contribution in [-0.4, -0.2) is 38.2 Å². The lowest BCUT2D eigenvalue weighted by Crippen LogP contribution is -2.26. The molecule has 0 atom stereocenters. The zero-order chi connectivity index (χ0) is 19.8. The molecule has 0 aliphatic carbocycles. The van der Waals surface area contributed by atoms with Gasteiger partial charge in [0.05, 0.1) is 0 Å². The summed E-state index contributed by atoms with van der Waals surface area (Å²) in [6.07, 6.45) is -4.73. The summed E-state index contributed by atoms with van der Waals surface area (Å²) in [5, 5.41) is 12.9. The van der Waals surface area contributed by atoms with Gasteiger partial charge in [-0.25, -0.2) is 14.0 Å². The van der Waals surface area contributed by atoms with Crippen molar-refractivity contribution in [1.82, 2.24) is 14.3 Å². The molecule has 0 spiro atoms. The van der Waals surface area contributed by atoms with Crippen molar-refractivity contribution in [3.05, 3.63) is 39.8 Å². The molecule has 7 nitrogen and oxygen atoms in total. The molecule has 1 aromatic heterocycles. The molecule has 0 saturated heterocycles. The number of hydrogen-bond donors (Lipinski definition) is 1. The number of nitrogens with zero attached hydrogens (tertiary/aromatic N) is 3. The summed E-state index contributed by atoms with van der Waals surface area (Å²) in [5.74, 6) is -3.29. The van der Waals surface area contributed by atoms with Gasteiger partial charge in [0.2, 0.25) is 0 Å². The van der Waals surface area contributed by atoms with Crippen LogP contribution in [0.3, 0.4) is 0 Å². The smallest absolute Gasteiger partial charge is 0.422 e. The monoisotopic (exact) mass is 377 g/mol. The van der Waals surface area contributed by atoms with Crippen molar-refractivity contribution in [3.63, 3.8) is 0 Å². The number of carboxylic acids is 1. The summed E-state index contributed by atoms with van der Waals surface area (Å²) in [7, 11) is 0. The number of aryl methyl sites for hydroxylation is 1. The maximum Gasteiger partial charge on any atom is 0.422 e. The summed E-state index contributed by atoms with van der Waals surface area (Å²) in [6.45, 7) is 3.12. The number of aromatic carboxylic acids is 1. The Kier molecular flexibility index (Phi) is 5.10. The molecular weight excluding hydrogens is 362 g/mol. The zero-order valence-corrected chi connectivity index (χ0v) is 14.0. The summed E-state index contributed by atoms with van der Waals surface area (Å²) < 4.78 is 57.8. The molecule has 1 heterocycles. The largest absolute Gasteiger partial charge is 0.483 e. The molecule has 0 aliphatic rings. The van der Waals surface area contributed by atoms with Crippen molar-refractivity contribution < 1.29 is 32.2 Å². The van der Waals surface area contributed by atoms with Crippen LogP contribution >= 0.6 is 0 Å². The number of carbonyl (C=O) groups is 1. The van der Waals surface area contributed by atoms with E-state index in [0.29, 0.717) is 16.8 Å². The number of hydrogen-bond acceptors (Lipinski definition) is 4. The molecule has 0 bridgehead atoms. The lowest BCUT2D eigenvalue weighted by molar-refractivity contribution is -0.153. The third-order valence-corrected chi connectivity index (χ3v) is 3.40. The third-order valence-electron chi connectivity index (χ3n) is 3.40. The molecule has 0 unspecified atom stereocenters. The van der Waals surface area contributed by atoms with Crippen LogP contribution in [0.25, 0.3) is 5.69 Å². The zero-order valence-electron chi connectivity index (χ0n) is 14.0. The molecule has 2 rings (SSSR count). The molecule has 0 radical (unpaired) electrons. The van der Waals surface area contributed by atoms with Crippen molar-refractivity contribution >= 4 is 5.97 Å². The molecule has 1 aromatic carbocycles. The van der Waals surface area contributed by atoms with Gasteiger partial charge in [-0.3, -0.25) is 4.57 Å². The SMILES string of the molecule is Cc1nn(-c2cc(OCC(F)(F)F)c(C(=O)O)cc2F)c(=O)n1C(C)C. The predicted molar refractivity (Wildman–Crippen MR) is 81.4 cm³/mol. The van der Waals surface area contributed by atoms with Gasteiger partial charge in [0.1, 0.15) is 28.6 Å². The molecule has 11 heteroatoms. The van der Waals surface area contributed by atoms with Crippen molar-refractivity contribution in [3.8, 4) is 11.4 Å². The third kappa shape index (κ3) is 3.86. The Labute approximate surface area is 144 Å². The van der Waals surface area contributed by atoms with Crippen LogP contribution in [0.2, 0.25) is 0 Å². The fraction of sp³-hybridized carbons (Fsp3) is 0.400. The van der Waals surface area contributed by atoms with E-state index in [1.165, 1.54) is 11.5 Å². The second-order valence-electron chi connectivity index (χ2n) is 5.71. The summed E-state index contributed by atoms with van der Waals surface area (Å²) in [4.78, 5) is 23.5. The second kappa shape index (κ2) is 6.81. The van der Waals surface area contributed by atoms with Crippen LogP contribution in [0.4, 0.5) is 17.6 Å². The van der Waals surface area contributed by atoms with Crippen LogP contribution < -0.4 is 10.4 Å². The van der Waals surface area contributed by atoms with Crippen LogP contribution in [0, 0.1) is 12.7 Å². The fourth-order valence-electron chi connectivity index (χ4n) is 2.38. The Morgan fingerprint density at radius 3 is 2.42 bits per heavy atom. The van der Waals surface area contributed by atoms with Gasteiger partial charge in [-0.2, -0.15) is 23.0 Å². The lowest BCUT2D eigenvalue weighted by Gasteiger charge is -2.13. The van der Waals surface area contributed by atoms with Gasteiger partial charge < -0.3 is 9.84 Å². The number of ether oxygens (including phenoxy) is 1. The molecule has 0 amide bonds. The van der Waals surface area contributed by atoms with Crippen molar-refractivity contribution in [2.75, 3.05) is 6.61 Å². The first-order valence-electron chi connectivity index (χ1n) is 7.37. The normalized spacial score (nSPS) is 11.8. The number of carboxylic acid groups (broad SMARTS) is 1. The maximum atomic E-state index is 14.3. The van der Waals surface area contributed by atoms with Gasteiger partial charge in [0, 0.05) is 12.1 Å². The molecule has 0 saturated carbocycles. The van der Waals surface area contributed by atoms with E-state index in [9.17, 15) is 27.2 Å². The molecule has 1 N–H and O–H groups in total. The highest BCUT2D eigenvalue weighted by molar-refractivity contribution is 5.91. The van der Waals surface area contributed by atoms with Crippen molar-refractivity contribution in [2.45, 2.75) is 33.0 Å². The van der Waals surface area contributed by atoms with Gasteiger partial charge >= 0.3 is 17.8 Å². The van der Waals surface area contributed by atoms with E-state index in [1.54, 1.807) is 13.8 Å². The van der Waals surface area contributed by atoms with E-state index in [4.69, 9.17) is 5.11 Å². The minimum atomic E-state index is -4.73. The highest BCUT2D eigenvalue weighted by atomic mass is 19.4. The highest BCUT2D eigenvalue weighted by Crippen LogP contribution is 2.27. The van der Waals surface area contributed by atoms with Crippen LogP contribution in [0.1, 0.15) is 36.1 Å². The van der Waals surface area contributed by atoms with E-state index in [0.717, 1.165) is 0 Å². The van der Waals surface area contributed by atoms with E-state index in [-0.39, 0.29) is 11.9 Å². The first kappa shape index (κ1) is 19.5. The number of alkyl halides is 3. The number of benzene rings is 1. The highest BCUT2D eigenvalue weighted by Gasteiger charge is 2.30. The van der Waals surface area contributed by atoms with E-state index in [2.05, 4.69) is 9.84 Å². The second-order valence-corrected chi connectivity index (χ2v) is 5.71. The summed E-state index contributed by atoms with van der Waals surface area (Å²) >= 11 is 0. The van der Waals surface area contributed by atoms with Gasteiger partial charge in [-0.15, -0.1) is 0 Å². The van der Waals surface area contributed by atoms with E-state index >= 15 is 0 Å². The van der Waals surface area contributed by atoms with Crippen LogP contribution in [-0.2, 0) is 0 Å². The molecule has 0 aliphatic heterocycles. The summed E-state index contributed by atoms with van der Waals surface area (Å²) in [5.41, 5.74) is -2.04. The van der Waals surface area contributed by atoms with E-state index < -0.39 is 47.3 Å². The Bertz CT molecular complexity index is 900. The van der Waals surface area contributed by atoms with Crippen LogP contribution in [0.15, 0.2) is 16.9 Å². The van der Waals surface area contributed by atoms with Gasteiger partial charge in [0.15, 0.2) is 6.61 Å². The molecular formula is C15H15F4N3O4. The average molecular weight is 377 g/mol. The van der Waals surface area contributed by atoms with Gasteiger partial charge in [0.25, 0.3) is 0 Å². The summed E-state index contributed by atoms with van der Waals surface area (Å²) in [6, 6.07) is 0.904. The number of aromatic nitrogens is 3. The molecule has 2 aromatic rings. The Morgan fingerprint density at radius 2 is 1.96 bits per heavy atom.